The molecule has 0 N–H and O–H groups in total. The molecule has 0 spiro atoms. The van der Waals surface area contributed by atoms with E-state index in [1.165, 1.54) is 29.1 Å². The van der Waals surface area contributed by atoms with Gasteiger partial charge >= 0.3 is 5.95 Å². The third-order valence-electron chi connectivity index (χ3n) is 3.88. The summed E-state index contributed by atoms with van der Waals surface area (Å²) in [5, 5.41) is 22.5. The molecule has 0 amide bonds. The van der Waals surface area contributed by atoms with E-state index < -0.39 is 9.85 Å². The molecule has 1 aromatic heterocycles. The van der Waals surface area contributed by atoms with E-state index in [0.29, 0.717) is 17.0 Å². The van der Waals surface area contributed by atoms with Gasteiger partial charge in [-0.1, -0.05) is 48.0 Å². The van der Waals surface area contributed by atoms with Crippen molar-refractivity contribution in [3.63, 3.8) is 0 Å². The van der Waals surface area contributed by atoms with Gasteiger partial charge in [0.25, 0.3) is 5.69 Å². The quantitative estimate of drug-likeness (QED) is 0.469. The molecule has 2 rings (SSSR count). The van der Waals surface area contributed by atoms with Crippen LogP contribution in [0.5, 0.6) is 0 Å². The smallest absolute Gasteiger partial charge is 0.390 e. The number of nitro groups is 2. The normalized spacial score (nSPS) is 12.1. The molecule has 0 aliphatic rings. The summed E-state index contributed by atoms with van der Waals surface area (Å²) >= 11 is 12.1. The van der Waals surface area contributed by atoms with E-state index in [-0.39, 0.29) is 29.1 Å². The zero-order chi connectivity index (χ0) is 18.6. The third-order valence-corrected chi connectivity index (χ3v) is 4.51. The van der Waals surface area contributed by atoms with Crippen molar-refractivity contribution in [2.24, 2.45) is 0 Å². The molecule has 25 heavy (non-hydrogen) atoms. The van der Waals surface area contributed by atoms with Crippen LogP contribution < -0.4 is 0 Å². The van der Waals surface area contributed by atoms with Crippen LogP contribution in [0.3, 0.4) is 0 Å². The second-order valence-electron chi connectivity index (χ2n) is 5.56. The first-order valence-electron chi connectivity index (χ1n) is 7.64. The summed E-state index contributed by atoms with van der Waals surface area (Å²) in [6.45, 7) is 2.26. The molecular weight excluding hydrogens is 371 g/mol. The highest BCUT2D eigenvalue weighted by Gasteiger charge is 2.25. The second kappa shape index (κ2) is 8.26. The minimum atomic E-state index is -0.571. The molecule has 0 bridgehead atoms. The average Bonchev–Trinajstić information content (AvgIpc) is 3.00. The van der Waals surface area contributed by atoms with E-state index in [1.807, 2.05) is 6.92 Å². The van der Waals surface area contributed by atoms with Crippen molar-refractivity contribution in [1.82, 2.24) is 9.55 Å². The van der Waals surface area contributed by atoms with Gasteiger partial charge in [0.05, 0.1) is 11.5 Å². The molecule has 8 nitrogen and oxygen atoms in total. The van der Waals surface area contributed by atoms with Crippen LogP contribution in [0.1, 0.15) is 37.7 Å². The molecule has 0 aliphatic heterocycles. The Labute approximate surface area is 153 Å². The number of rotatable bonds is 8. The van der Waals surface area contributed by atoms with Crippen LogP contribution in [0.2, 0.25) is 10.0 Å². The van der Waals surface area contributed by atoms with Crippen molar-refractivity contribution < 1.29 is 9.85 Å². The van der Waals surface area contributed by atoms with Crippen molar-refractivity contribution >= 4 is 34.8 Å². The molecule has 1 atom stereocenters. The monoisotopic (exact) mass is 386 g/mol. The first-order chi connectivity index (χ1) is 11.8. The fourth-order valence-electron chi connectivity index (χ4n) is 2.66. The summed E-state index contributed by atoms with van der Waals surface area (Å²) in [5.74, 6) is -0.516. The Balaban J connectivity index is 2.43. The molecule has 0 fully saturated rings. The number of benzene rings is 1. The van der Waals surface area contributed by atoms with E-state index in [9.17, 15) is 20.2 Å². The minimum absolute atomic E-state index is 0.0402. The number of hydrogen-bond donors (Lipinski definition) is 0. The lowest BCUT2D eigenvalue weighted by Gasteiger charge is -2.18. The SMILES string of the molecule is CCCCC(Cn1ccnc1[N+](=O)[O-])c1cc([N+](=O)[O-])c(Cl)cc1Cl. The molecule has 1 heterocycles. The van der Waals surface area contributed by atoms with E-state index in [0.717, 1.165) is 12.8 Å². The standard InChI is InChI=1S/C15H16Cl2N4O4/c1-2-3-4-10(9-19-6-5-18-15(19)21(24)25)11-7-14(20(22)23)13(17)8-12(11)16/h5-8,10H,2-4,9H2,1H3. The number of nitrogens with zero attached hydrogens (tertiary/aromatic N) is 4. The van der Waals surface area contributed by atoms with Crippen LogP contribution in [0.15, 0.2) is 24.5 Å². The van der Waals surface area contributed by atoms with Crippen LogP contribution in [0, 0.1) is 20.2 Å². The summed E-state index contributed by atoms with van der Waals surface area (Å²) in [4.78, 5) is 24.8. The third kappa shape index (κ3) is 4.46. The summed E-state index contributed by atoms with van der Waals surface area (Å²) in [6, 6.07) is 2.70. The Morgan fingerprint density at radius 2 is 1.92 bits per heavy atom. The van der Waals surface area contributed by atoms with Gasteiger partial charge in [0, 0.05) is 17.0 Å². The average molecular weight is 387 g/mol. The molecule has 1 aromatic carbocycles. The van der Waals surface area contributed by atoms with Crippen molar-refractivity contribution in [1.29, 1.82) is 0 Å². The molecular formula is C15H16Cl2N4O4. The van der Waals surface area contributed by atoms with Crippen LogP contribution >= 0.6 is 23.2 Å². The molecule has 2 aromatic rings. The van der Waals surface area contributed by atoms with Gasteiger partial charge in [0.15, 0.2) is 0 Å². The second-order valence-corrected chi connectivity index (χ2v) is 6.37. The molecule has 0 saturated heterocycles. The Morgan fingerprint density at radius 3 is 2.52 bits per heavy atom. The highest BCUT2D eigenvalue weighted by atomic mass is 35.5. The first-order valence-corrected chi connectivity index (χ1v) is 8.39. The van der Waals surface area contributed by atoms with Crippen LogP contribution in [0.25, 0.3) is 0 Å². The Bertz CT molecular complexity index is 794. The van der Waals surface area contributed by atoms with Gasteiger partial charge in [-0.05, 0) is 23.0 Å². The van der Waals surface area contributed by atoms with Gasteiger partial charge in [0.1, 0.15) is 17.4 Å². The Kier molecular flexibility index (Phi) is 6.33. The lowest BCUT2D eigenvalue weighted by atomic mass is 9.93. The summed E-state index contributed by atoms with van der Waals surface area (Å²) in [5.41, 5.74) is 0.317. The van der Waals surface area contributed by atoms with Gasteiger partial charge in [-0.15, -0.1) is 0 Å². The van der Waals surface area contributed by atoms with Crippen LogP contribution in [0.4, 0.5) is 11.6 Å². The highest BCUT2D eigenvalue weighted by Crippen LogP contribution is 2.37. The number of imidazole rings is 1. The molecule has 0 radical (unpaired) electrons. The zero-order valence-electron chi connectivity index (χ0n) is 13.4. The predicted octanol–water partition coefficient (Wildman–Crippen LogP) is 4.98. The van der Waals surface area contributed by atoms with Crippen LogP contribution in [-0.4, -0.2) is 19.4 Å². The van der Waals surface area contributed by atoms with Gasteiger partial charge in [0.2, 0.25) is 0 Å². The zero-order valence-corrected chi connectivity index (χ0v) is 14.9. The van der Waals surface area contributed by atoms with Crippen molar-refractivity contribution in [2.75, 3.05) is 0 Å². The molecule has 134 valence electrons. The maximum absolute atomic E-state index is 11.2. The molecule has 0 saturated carbocycles. The largest absolute Gasteiger partial charge is 0.434 e. The van der Waals surface area contributed by atoms with Crippen molar-refractivity contribution in [3.05, 3.63) is 60.4 Å². The molecule has 1 unspecified atom stereocenters. The lowest BCUT2D eigenvalue weighted by Crippen LogP contribution is -2.12. The molecule has 0 aliphatic carbocycles. The highest BCUT2D eigenvalue weighted by molar-refractivity contribution is 6.36. The van der Waals surface area contributed by atoms with Crippen LogP contribution in [-0.2, 0) is 6.54 Å². The number of unbranched alkanes of at least 4 members (excludes halogenated alkanes) is 1. The first kappa shape index (κ1) is 19.1. The van der Waals surface area contributed by atoms with Crippen molar-refractivity contribution in [2.45, 2.75) is 38.6 Å². The van der Waals surface area contributed by atoms with Crippen molar-refractivity contribution in [3.8, 4) is 0 Å². The lowest BCUT2D eigenvalue weighted by molar-refractivity contribution is -0.396. The van der Waals surface area contributed by atoms with Gasteiger partial charge in [-0.2, -0.15) is 0 Å². The number of halogens is 2. The number of aromatic nitrogens is 2. The van der Waals surface area contributed by atoms with Gasteiger partial charge in [-0.3, -0.25) is 10.1 Å². The predicted molar refractivity (Wildman–Crippen MR) is 94.3 cm³/mol. The fourth-order valence-corrected chi connectivity index (χ4v) is 3.26. The van der Waals surface area contributed by atoms with Gasteiger partial charge < -0.3 is 10.1 Å². The Morgan fingerprint density at radius 1 is 1.20 bits per heavy atom. The summed E-state index contributed by atoms with van der Waals surface area (Å²) < 4.78 is 1.41. The maximum atomic E-state index is 11.2. The summed E-state index contributed by atoms with van der Waals surface area (Å²) in [6.07, 6.45) is 5.29. The number of hydrogen-bond acceptors (Lipinski definition) is 5. The molecule has 10 heteroatoms. The minimum Gasteiger partial charge on any atom is -0.390 e. The van der Waals surface area contributed by atoms with Gasteiger partial charge in [-0.25, -0.2) is 4.57 Å². The van der Waals surface area contributed by atoms with E-state index in [4.69, 9.17) is 23.2 Å². The van der Waals surface area contributed by atoms with E-state index in [2.05, 4.69) is 4.98 Å². The van der Waals surface area contributed by atoms with E-state index in [1.54, 1.807) is 0 Å². The fraction of sp³-hybridized carbons (Fsp3) is 0.400. The topological polar surface area (TPSA) is 104 Å². The summed E-state index contributed by atoms with van der Waals surface area (Å²) in [7, 11) is 0. The van der Waals surface area contributed by atoms with E-state index >= 15 is 0 Å². The maximum Gasteiger partial charge on any atom is 0.434 e. The number of nitro benzene ring substituents is 1. The Hall–Kier alpha value is -2.19.